The van der Waals surface area contributed by atoms with E-state index in [-0.39, 0.29) is 0 Å². The summed E-state index contributed by atoms with van der Waals surface area (Å²) in [4.78, 5) is 1.53. The second-order valence-corrected chi connectivity index (χ2v) is 6.57. The van der Waals surface area contributed by atoms with E-state index in [0.29, 0.717) is 30.8 Å². The predicted molar refractivity (Wildman–Crippen MR) is 93.8 cm³/mol. The molecule has 0 saturated carbocycles. The van der Waals surface area contributed by atoms with E-state index in [2.05, 4.69) is 6.92 Å². The van der Waals surface area contributed by atoms with Gasteiger partial charge in [-0.3, -0.25) is 0 Å². The number of hydrogen-bond acceptors (Lipinski definition) is 4. The van der Waals surface area contributed by atoms with Crippen molar-refractivity contribution in [3.8, 4) is 11.5 Å². The highest BCUT2D eigenvalue weighted by molar-refractivity contribution is 5.42. The lowest BCUT2D eigenvalue weighted by molar-refractivity contribution is -0.933. The van der Waals surface area contributed by atoms with Crippen LogP contribution >= 0.6 is 0 Å². The number of aliphatic hydroxyl groups excluding tert-OH is 1. The summed E-state index contributed by atoms with van der Waals surface area (Å²) in [6.07, 6.45) is 4.66. The molecule has 2 N–H and O–H groups in total. The van der Waals surface area contributed by atoms with Crippen molar-refractivity contribution in [1.29, 1.82) is 0 Å². The highest BCUT2D eigenvalue weighted by Crippen LogP contribution is 2.27. The summed E-state index contributed by atoms with van der Waals surface area (Å²) in [5.74, 6) is 1.41. The largest absolute Gasteiger partial charge is 0.493 e. The Morgan fingerprint density at radius 1 is 1.21 bits per heavy atom. The number of aliphatic hydroxyl groups is 1. The summed E-state index contributed by atoms with van der Waals surface area (Å²) in [7, 11) is 3.24. The normalized spacial score (nSPS) is 22.2. The Morgan fingerprint density at radius 3 is 2.71 bits per heavy atom. The standard InChI is InChI=1S/C19H31NO4/c1-4-16-7-5-6-10-20(16)12-17(21)14-24-13-15-8-9-18(22-2)19(11-15)23-3/h8-9,11,16-17,21H,4-7,10,12-14H2,1-3H3/p+1/t16-,17-/m0/s1. The third-order valence-electron chi connectivity index (χ3n) is 4.90. The van der Waals surface area contributed by atoms with Crippen LogP contribution in [0.25, 0.3) is 0 Å². The number of benzene rings is 1. The minimum atomic E-state index is -0.410. The van der Waals surface area contributed by atoms with Crippen molar-refractivity contribution in [3.05, 3.63) is 23.8 Å². The summed E-state index contributed by atoms with van der Waals surface area (Å²) in [6, 6.07) is 6.43. The van der Waals surface area contributed by atoms with Crippen molar-refractivity contribution in [2.75, 3.05) is 33.9 Å². The number of piperidine rings is 1. The Balaban J connectivity index is 1.77. The second kappa shape index (κ2) is 9.87. The number of methoxy groups -OCH3 is 2. The van der Waals surface area contributed by atoms with E-state index < -0.39 is 6.10 Å². The van der Waals surface area contributed by atoms with Crippen LogP contribution < -0.4 is 14.4 Å². The fourth-order valence-electron chi connectivity index (χ4n) is 3.56. The highest BCUT2D eigenvalue weighted by Gasteiger charge is 2.26. The van der Waals surface area contributed by atoms with E-state index in [4.69, 9.17) is 14.2 Å². The number of hydrogen-bond donors (Lipinski definition) is 2. The number of ether oxygens (including phenoxy) is 3. The van der Waals surface area contributed by atoms with E-state index >= 15 is 0 Å². The average molecular weight is 338 g/mol. The smallest absolute Gasteiger partial charge is 0.161 e. The summed E-state index contributed by atoms with van der Waals surface area (Å²) < 4.78 is 16.2. The Morgan fingerprint density at radius 2 is 2.00 bits per heavy atom. The minimum absolute atomic E-state index is 0.369. The Labute approximate surface area is 145 Å². The monoisotopic (exact) mass is 338 g/mol. The van der Waals surface area contributed by atoms with Crippen LogP contribution in [0.5, 0.6) is 11.5 Å². The van der Waals surface area contributed by atoms with Crippen molar-refractivity contribution < 1.29 is 24.2 Å². The molecule has 1 fully saturated rings. The Hall–Kier alpha value is -1.30. The first kappa shape index (κ1) is 19.0. The summed E-state index contributed by atoms with van der Waals surface area (Å²) in [6.45, 7) is 5.03. The Kier molecular flexibility index (Phi) is 7.82. The molecule has 3 atom stereocenters. The van der Waals surface area contributed by atoms with Gasteiger partial charge in [0.15, 0.2) is 11.5 Å². The molecule has 0 amide bonds. The third-order valence-corrected chi connectivity index (χ3v) is 4.90. The van der Waals surface area contributed by atoms with Gasteiger partial charge in [-0.05, 0) is 43.4 Å². The van der Waals surface area contributed by atoms with Crippen LogP contribution in [0.15, 0.2) is 18.2 Å². The van der Waals surface area contributed by atoms with Crippen LogP contribution in [0.2, 0.25) is 0 Å². The third kappa shape index (κ3) is 5.36. The van der Waals surface area contributed by atoms with Gasteiger partial charge in [0, 0.05) is 0 Å². The topological polar surface area (TPSA) is 52.4 Å². The highest BCUT2D eigenvalue weighted by atomic mass is 16.5. The SMILES string of the molecule is CC[C@H]1CCCC[NH+]1C[C@H](O)COCc1ccc(OC)c(OC)c1. The molecule has 1 aliphatic heterocycles. The summed E-state index contributed by atoms with van der Waals surface area (Å²) >= 11 is 0. The lowest BCUT2D eigenvalue weighted by atomic mass is 10.00. The molecule has 1 aromatic rings. The van der Waals surface area contributed by atoms with Gasteiger partial charge >= 0.3 is 0 Å². The molecule has 5 nitrogen and oxygen atoms in total. The van der Waals surface area contributed by atoms with Gasteiger partial charge in [-0.25, -0.2) is 0 Å². The van der Waals surface area contributed by atoms with Crippen LogP contribution in [-0.4, -0.2) is 51.2 Å². The lowest BCUT2D eigenvalue weighted by Gasteiger charge is -2.33. The maximum atomic E-state index is 10.3. The average Bonchev–Trinajstić information content (AvgIpc) is 2.62. The zero-order valence-corrected chi connectivity index (χ0v) is 15.2. The molecule has 1 saturated heterocycles. The molecule has 2 rings (SSSR count). The molecule has 0 bridgehead atoms. The van der Waals surface area contributed by atoms with Crippen LogP contribution in [0.1, 0.15) is 38.2 Å². The van der Waals surface area contributed by atoms with Crippen LogP contribution in [0.4, 0.5) is 0 Å². The maximum Gasteiger partial charge on any atom is 0.161 e. The van der Waals surface area contributed by atoms with Crippen molar-refractivity contribution in [2.24, 2.45) is 0 Å². The van der Waals surface area contributed by atoms with Crippen molar-refractivity contribution >= 4 is 0 Å². The van der Waals surface area contributed by atoms with Crippen molar-refractivity contribution in [3.63, 3.8) is 0 Å². The maximum absolute atomic E-state index is 10.3. The molecule has 24 heavy (non-hydrogen) atoms. The number of rotatable bonds is 9. The molecular formula is C19H32NO4+. The van der Waals surface area contributed by atoms with Crippen LogP contribution in [0, 0.1) is 0 Å². The molecule has 1 aromatic carbocycles. The predicted octanol–water partition coefficient (Wildman–Crippen LogP) is 1.43. The molecular weight excluding hydrogens is 306 g/mol. The fourth-order valence-corrected chi connectivity index (χ4v) is 3.56. The molecule has 1 unspecified atom stereocenters. The zero-order chi connectivity index (χ0) is 17.4. The van der Waals surface area contributed by atoms with Crippen molar-refractivity contribution in [1.82, 2.24) is 0 Å². The van der Waals surface area contributed by atoms with Crippen molar-refractivity contribution in [2.45, 2.75) is 51.4 Å². The number of nitrogens with one attached hydrogen (secondary N) is 1. The van der Waals surface area contributed by atoms with Gasteiger partial charge in [0.2, 0.25) is 0 Å². The second-order valence-electron chi connectivity index (χ2n) is 6.57. The molecule has 0 spiro atoms. The van der Waals surface area contributed by atoms with Gasteiger partial charge in [-0.2, -0.15) is 0 Å². The van der Waals surface area contributed by atoms with Gasteiger partial charge < -0.3 is 24.2 Å². The molecule has 136 valence electrons. The first-order valence-corrected chi connectivity index (χ1v) is 8.99. The lowest BCUT2D eigenvalue weighted by Crippen LogP contribution is -3.17. The summed E-state index contributed by atoms with van der Waals surface area (Å²) in [5.41, 5.74) is 1.01. The molecule has 1 aliphatic rings. The van der Waals surface area contributed by atoms with Gasteiger partial charge in [0.25, 0.3) is 0 Å². The molecule has 0 aromatic heterocycles. The quantitative estimate of drug-likeness (QED) is 0.715. The van der Waals surface area contributed by atoms with Gasteiger partial charge in [0.05, 0.1) is 40.0 Å². The van der Waals surface area contributed by atoms with E-state index in [1.54, 1.807) is 14.2 Å². The van der Waals surface area contributed by atoms with E-state index in [1.807, 2.05) is 18.2 Å². The number of likely N-dealkylation sites (tertiary alicyclic amines) is 1. The minimum Gasteiger partial charge on any atom is -0.493 e. The Bertz CT molecular complexity index is 494. The first-order valence-electron chi connectivity index (χ1n) is 8.99. The summed E-state index contributed by atoms with van der Waals surface area (Å²) in [5, 5.41) is 10.3. The number of quaternary nitrogens is 1. The van der Waals surface area contributed by atoms with Crippen LogP contribution in [-0.2, 0) is 11.3 Å². The van der Waals surface area contributed by atoms with Gasteiger partial charge in [-0.15, -0.1) is 0 Å². The van der Waals surface area contributed by atoms with Gasteiger partial charge in [-0.1, -0.05) is 13.0 Å². The molecule has 0 radical (unpaired) electrons. The van der Waals surface area contributed by atoms with Gasteiger partial charge in [0.1, 0.15) is 12.6 Å². The fraction of sp³-hybridized carbons (Fsp3) is 0.684. The van der Waals surface area contributed by atoms with E-state index in [1.165, 1.54) is 37.1 Å². The zero-order valence-electron chi connectivity index (χ0n) is 15.2. The molecule has 0 aliphatic carbocycles. The molecule has 5 heteroatoms. The first-order chi connectivity index (χ1) is 11.7. The van der Waals surface area contributed by atoms with E-state index in [9.17, 15) is 5.11 Å². The van der Waals surface area contributed by atoms with E-state index in [0.717, 1.165) is 12.1 Å². The molecule has 1 heterocycles. The van der Waals surface area contributed by atoms with Crippen LogP contribution in [0.3, 0.4) is 0 Å².